The average Bonchev–Trinajstić information content (AvgIpc) is 2.87. The molecule has 2 rings (SSSR count). The number of phenols is 1. The summed E-state index contributed by atoms with van der Waals surface area (Å²) in [7, 11) is 1.33. The molecule has 102 valence electrons. The first kappa shape index (κ1) is 13.4. The summed E-state index contributed by atoms with van der Waals surface area (Å²) in [5, 5.41) is 9.37. The van der Waals surface area contributed by atoms with Crippen molar-refractivity contribution in [3.8, 4) is 5.75 Å². The van der Waals surface area contributed by atoms with Crippen LogP contribution in [0.15, 0.2) is 24.3 Å². The number of methoxy groups -OCH3 is 1. The van der Waals surface area contributed by atoms with Crippen molar-refractivity contribution in [2.24, 2.45) is 0 Å². The number of likely N-dealkylation sites (tertiary alicyclic amines) is 1. The van der Waals surface area contributed by atoms with E-state index in [-0.39, 0.29) is 24.0 Å². The van der Waals surface area contributed by atoms with Gasteiger partial charge in [0.05, 0.1) is 13.5 Å². The SMILES string of the molecule is COC(=O)C1CCCN1C(=O)Cc1cccc(O)c1. The Morgan fingerprint density at radius 1 is 1.47 bits per heavy atom. The fraction of sp³-hybridized carbons (Fsp3) is 0.429. The largest absolute Gasteiger partial charge is 0.508 e. The fourth-order valence-electron chi connectivity index (χ4n) is 2.39. The summed E-state index contributed by atoms with van der Waals surface area (Å²) in [6.45, 7) is 0.581. The van der Waals surface area contributed by atoms with Crippen molar-refractivity contribution in [2.45, 2.75) is 25.3 Å². The highest BCUT2D eigenvalue weighted by Crippen LogP contribution is 2.20. The lowest BCUT2D eigenvalue weighted by atomic mass is 10.1. The summed E-state index contributed by atoms with van der Waals surface area (Å²) in [5.41, 5.74) is 0.737. The van der Waals surface area contributed by atoms with E-state index in [1.807, 2.05) is 0 Å². The number of rotatable bonds is 3. The van der Waals surface area contributed by atoms with Gasteiger partial charge in [-0.2, -0.15) is 0 Å². The van der Waals surface area contributed by atoms with Crippen LogP contribution in [0.4, 0.5) is 0 Å². The lowest BCUT2D eigenvalue weighted by molar-refractivity contribution is -0.150. The molecule has 1 N–H and O–H groups in total. The van der Waals surface area contributed by atoms with E-state index in [2.05, 4.69) is 0 Å². The first-order valence-corrected chi connectivity index (χ1v) is 6.27. The van der Waals surface area contributed by atoms with Crippen LogP contribution >= 0.6 is 0 Å². The molecule has 5 nitrogen and oxygen atoms in total. The van der Waals surface area contributed by atoms with Crippen molar-refractivity contribution in [1.82, 2.24) is 4.90 Å². The molecule has 0 spiro atoms. The molecule has 0 saturated carbocycles. The fourth-order valence-corrected chi connectivity index (χ4v) is 2.39. The zero-order valence-corrected chi connectivity index (χ0v) is 10.8. The van der Waals surface area contributed by atoms with Crippen LogP contribution < -0.4 is 0 Å². The predicted molar refractivity (Wildman–Crippen MR) is 68.6 cm³/mol. The Bertz CT molecular complexity index is 486. The van der Waals surface area contributed by atoms with Crippen LogP contribution in [0.5, 0.6) is 5.75 Å². The van der Waals surface area contributed by atoms with Crippen LogP contribution in [0.1, 0.15) is 18.4 Å². The van der Waals surface area contributed by atoms with Gasteiger partial charge in [-0.3, -0.25) is 4.79 Å². The molecule has 1 aliphatic rings. The van der Waals surface area contributed by atoms with Crippen LogP contribution in [-0.4, -0.2) is 41.6 Å². The van der Waals surface area contributed by atoms with Crippen molar-refractivity contribution in [3.05, 3.63) is 29.8 Å². The van der Waals surface area contributed by atoms with Crippen molar-refractivity contribution >= 4 is 11.9 Å². The van der Waals surface area contributed by atoms with E-state index in [0.29, 0.717) is 13.0 Å². The maximum absolute atomic E-state index is 12.2. The number of phenolic OH excluding ortho intramolecular Hbond substituents is 1. The highest BCUT2D eigenvalue weighted by atomic mass is 16.5. The molecule has 1 heterocycles. The van der Waals surface area contributed by atoms with Gasteiger partial charge in [0.15, 0.2) is 0 Å². The zero-order chi connectivity index (χ0) is 13.8. The smallest absolute Gasteiger partial charge is 0.328 e. The minimum absolute atomic E-state index is 0.112. The van der Waals surface area contributed by atoms with Gasteiger partial charge in [-0.25, -0.2) is 4.79 Å². The maximum Gasteiger partial charge on any atom is 0.328 e. The van der Waals surface area contributed by atoms with Crippen LogP contribution in [-0.2, 0) is 20.7 Å². The highest BCUT2D eigenvalue weighted by Gasteiger charge is 2.34. The normalized spacial score (nSPS) is 18.4. The number of hydrogen-bond acceptors (Lipinski definition) is 4. The lowest BCUT2D eigenvalue weighted by Gasteiger charge is -2.22. The third-order valence-corrected chi connectivity index (χ3v) is 3.31. The molecule has 1 aromatic carbocycles. The highest BCUT2D eigenvalue weighted by molar-refractivity contribution is 5.86. The van der Waals surface area contributed by atoms with E-state index in [9.17, 15) is 14.7 Å². The lowest BCUT2D eigenvalue weighted by Crippen LogP contribution is -2.41. The number of benzene rings is 1. The summed E-state index contributed by atoms with van der Waals surface area (Å²) in [5.74, 6) is -0.337. The number of carbonyl (C=O) groups is 2. The zero-order valence-electron chi connectivity index (χ0n) is 10.8. The van der Waals surface area contributed by atoms with Gasteiger partial charge in [0.25, 0.3) is 0 Å². The van der Waals surface area contributed by atoms with Gasteiger partial charge in [0, 0.05) is 6.54 Å². The molecule has 1 saturated heterocycles. The summed E-state index contributed by atoms with van der Waals surface area (Å²) < 4.78 is 4.71. The van der Waals surface area contributed by atoms with Crippen molar-refractivity contribution in [3.63, 3.8) is 0 Å². The molecule has 1 atom stereocenters. The van der Waals surface area contributed by atoms with E-state index in [1.54, 1.807) is 29.2 Å². The Morgan fingerprint density at radius 3 is 2.95 bits per heavy atom. The Kier molecular flexibility index (Phi) is 4.04. The van der Waals surface area contributed by atoms with E-state index in [0.717, 1.165) is 12.0 Å². The van der Waals surface area contributed by atoms with E-state index in [1.165, 1.54) is 7.11 Å². The second kappa shape index (κ2) is 5.73. The number of carbonyl (C=O) groups excluding carboxylic acids is 2. The van der Waals surface area contributed by atoms with Gasteiger partial charge < -0.3 is 14.7 Å². The van der Waals surface area contributed by atoms with Crippen LogP contribution in [0.25, 0.3) is 0 Å². The summed E-state index contributed by atoms with van der Waals surface area (Å²) >= 11 is 0. The average molecular weight is 263 g/mol. The van der Waals surface area contributed by atoms with Crippen molar-refractivity contribution in [2.75, 3.05) is 13.7 Å². The summed E-state index contributed by atoms with van der Waals surface area (Å²) in [6, 6.07) is 6.12. The molecule has 1 unspecified atom stereocenters. The van der Waals surface area contributed by atoms with Crippen LogP contribution in [0.2, 0.25) is 0 Å². The number of nitrogens with zero attached hydrogens (tertiary/aromatic N) is 1. The minimum atomic E-state index is -0.463. The van der Waals surface area contributed by atoms with E-state index < -0.39 is 6.04 Å². The molecular weight excluding hydrogens is 246 g/mol. The van der Waals surface area contributed by atoms with E-state index >= 15 is 0 Å². The number of amides is 1. The van der Waals surface area contributed by atoms with Gasteiger partial charge in [0.2, 0.25) is 5.91 Å². The Balaban J connectivity index is 2.05. The Morgan fingerprint density at radius 2 is 2.26 bits per heavy atom. The van der Waals surface area contributed by atoms with Crippen molar-refractivity contribution < 1.29 is 19.4 Å². The topological polar surface area (TPSA) is 66.8 Å². The first-order chi connectivity index (χ1) is 9.11. The monoisotopic (exact) mass is 263 g/mol. The second-order valence-electron chi connectivity index (χ2n) is 4.61. The molecule has 1 aromatic rings. The molecule has 0 aliphatic carbocycles. The van der Waals surface area contributed by atoms with Crippen molar-refractivity contribution in [1.29, 1.82) is 0 Å². The van der Waals surface area contributed by atoms with Gasteiger partial charge >= 0.3 is 5.97 Å². The first-order valence-electron chi connectivity index (χ1n) is 6.27. The molecule has 0 aromatic heterocycles. The Labute approximate surface area is 111 Å². The predicted octanol–water partition coefficient (Wildman–Crippen LogP) is 1.10. The maximum atomic E-state index is 12.2. The Hall–Kier alpha value is -2.04. The summed E-state index contributed by atoms with van der Waals surface area (Å²) in [4.78, 5) is 25.3. The molecule has 19 heavy (non-hydrogen) atoms. The van der Waals surface area contributed by atoms with E-state index in [4.69, 9.17) is 4.74 Å². The van der Waals surface area contributed by atoms with Crippen LogP contribution in [0, 0.1) is 0 Å². The second-order valence-corrected chi connectivity index (χ2v) is 4.61. The standard InChI is InChI=1S/C14H17NO4/c1-19-14(18)12-6-3-7-15(12)13(17)9-10-4-2-5-11(16)8-10/h2,4-5,8,12,16H,3,6-7,9H2,1H3. The summed E-state index contributed by atoms with van der Waals surface area (Å²) in [6.07, 6.45) is 1.64. The number of aromatic hydroxyl groups is 1. The molecule has 1 amide bonds. The molecule has 0 bridgehead atoms. The molecular formula is C14H17NO4. The quantitative estimate of drug-likeness (QED) is 0.829. The van der Waals surface area contributed by atoms with Gasteiger partial charge in [-0.1, -0.05) is 12.1 Å². The van der Waals surface area contributed by atoms with Crippen LogP contribution in [0.3, 0.4) is 0 Å². The third kappa shape index (κ3) is 3.05. The third-order valence-electron chi connectivity index (χ3n) is 3.31. The van der Waals surface area contributed by atoms with Gasteiger partial charge in [0.1, 0.15) is 11.8 Å². The molecule has 5 heteroatoms. The van der Waals surface area contributed by atoms with Gasteiger partial charge in [-0.05, 0) is 30.5 Å². The number of hydrogen-bond donors (Lipinski definition) is 1. The molecule has 0 radical (unpaired) electrons. The molecule has 1 aliphatic heterocycles. The minimum Gasteiger partial charge on any atom is -0.508 e. The number of esters is 1. The van der Waals surface area contributed by atoms with Gasteiger partial charge in [-0.15, -0.1) is 0 Å². The number of ether oxygens (including phenoxy) is 1. The molecule has 1 fully saturated rings.